The fraction of sp³-hybridized carbons (Fsp3) is 0.600. The van der Waals surface area contributed by atoms with Gasteiger partial charge in [-0.1, -0.05) is 6.42 Å². The number of hydrogen-bond acceptors (Lipinski definition) is 4. The van der Waals surface area contributed by atoms with Crippen molar-refractivity contribution in [3.8, 4) is 0 Å². The van der Waals surface area contributed by atoms with Crippen molar-refractivity contribution >= 4 is 5.97 Å². The summed E-state index contributed by atoms with van der Waals surface area (Å²) in [5.74, 6) is -0.853. The normalized spacial score (nSPS) is 14.9. The van der Waals surface area contributed by atoms with Gasteiger partial charge in [-0.05, 0) is 37.3 Å². The molecule has 23 heavy (non-hydrogen) atoms. The van der Waals surface area contributed by atoms with Crippen LogP contribution in [0.4, 0.5) is 13.2 Å². The van der Waals surface area contributed by atoms with Gasteiger partial charge in [0.2, 0.25) is 0 Å². The van der Waals surface area contributed by atoms with E-state index < -0.39 is 24.3 Å². The molecule has 5 nitrogen and oxygen atoms in total. The lowest BCUT2D eigenvalue weighted by Crippen LogP contribution is -2.24. The van der Waals surface area contributed by atoms with E-state index in [1.54, 1.807) is 0 Å². The van der Waals surface area contributed by atoms with Crippen LogP contribution in [0.5, 0.6) is 0 Å². The number of ether oxygens (including phenoxy) is 2. The van der Waals surface area contributed by atoms with E-state index >= 15 is 0 Å². The predicted octanol–water partition coefficient (Wildman–Crippen LogP) is 2.38. The van der Waals surface area contributed by atoms with Crippen LogP contribution in [0, 0.1) is 0 Å². The number of carbonyl (C=O) groups is 1. The molecule has 1 aromatic heterocycles. The quantitative estimate of drug-likeness (QED) is 0.510. The van der Waals surface area contributed by atoms with E-state index in [-0.39, 0.29) is 18.8 Å². The Balaban J connectivity index is 1.92. The average molecular weight is 333 g/mol. The van der Waals surface area contributed by atoms with Gasteiger partial charge in [0.05, 0.1) is 6.61 Å². The van der Waals surface area contributed by atoms with Gasteiger partial charge in [-0.3, -0.25) is 4.79 Å². The first-order valence-electron chi connectivity index (χ1n) is 7.43. The second kappa shape index (κ2) is 7.63. The maximum atomic E-state index is 11.9. The van der Waals surface area contributed by atoms with Crippen molar-refractivity contribution in [2.45, 2.75) is 38.3 Å². The van der Waals surface area contributed by atoms with Crippen LogP contribution in [0.15, 0.2) is 10.9 Å². The number of H-pyrrole nitrogens is 1. The Bertz CT molecular complexity index is 610. The highest BCUT2D eigenvalue weighted by molar-refractivity contribution is 5.89. The molecular weight excluding hydrogens is 315 g/mol. The molecule has 0 unspecified atom stereocenters. The Morgan fingerprint density at radius 2 is 1.91 bits per heavy atom. The highest BCUT2D eigenvalue weighted by atomic mass is 19.4. The zero-order valence-electron chi connectivity index (χ0n) is 12.5. The van der Waals surface area contributed by atoms with Crippen molar-refractivity contribution in [2.24, 2.45) is 0 Å². The smallest absolute Gasteiger partial charge is 0.411 e. The van der Waals surface area contributed by atoms with Crippen LogP contribution in [-0.4, -0.2) is 37.0 Å². The van der Waals surface area contributed by atoms with E-state index in [0.717, 1.165) is 43.4 Å². The van der Waals surface area contributed by atoms with Crippen LogP contribution in [0.3, 0.4) is 0 Å². The van der Waals surface area contributed by atoms with Crippen LogP contribution < -0.4 is 5.56 Å². The Hall–Kier alpha value is -1.83. The van der Waals surface area contributed by atoms with Crippen LogP contribution >= 0.6 is 0 Å². The molecular formula is C15H18F3NO4. The molecule has 0 spiro atoms. The molecule has 0 fully saturated rings. The molecule has 0 saturated heterocycles. The van der Waals surface area contributed by atoms with Gasteiger partial charge in [0.15, 0.2) is 0 Å². The van der Waals surface area contributed by atoms with E-state index in [1.165, 1.54) is 6.07 Å². The summed E-state index contributed by atoms with van der Waals surface area (Å²) in [6.07, 6.45) is 0.166. The SMILES string of the molecule is O=C(OCCOCC(F)(F)F)c1cc2c([nH]c1=O)CCCCC2. The van der Waals surface area contributed by atoms with Crippen molar-refractivity contribution in [2.75, 3.05) is 19.8 Å². The maximum absolute atomic E-state index is 11.9. The van der Waals surface area contributed by atoms with Gasteiger partial charge in [-0.2, -0.15) is 13.2 Å². The third-order valence-corrected chi connectivity index (χ3v) is 3.53. The molecule has 1 heterocycles. The second-order valence-electron chi connectivity index (χ2n) is 5.38. The summed E-state index contributed by atoms with van der Waals surface area (Å²) >= 11 is 0. The molecule has 0 atom stereocenters. The molecule has 2 rings (SSSR count). The van der Waals surface area contributed by atoms with Gasteiger partial charge >= 0.3 is 12.1 Å². The van der Waals surface area contributed by atoms with Crippen molar-refractivity contribution in [1.29, 1.82) is 0 Å². The number of hydrogen-bond donors (Lipinski definition) is 1. The molecule has 1 aliphatic carbocycles. The lowest BCUT2D eigenvalue weighted by atomic mass is 10.1. The summed E-state index contributed by atoms with van der Waals surface area (Å²) in [6, 6.07) is 1.53. The average Bonchev–Trinajstić information content (AvgIpc) is 2.69. The summed E-state index contributed by atoms with van der Waals surface area (Å²) in [7, 11) is 0. The molecule has 0 radical (unpaired) electrons. The number of alkyl halides is 3. The molecule has 1 aliphatic rings. The number of nitrogens with one attached hydrogen (secondary N) is 1. The minimum Gasteiger partial charge on any atom is -0.459 e. The number of esters is 1. The monoisotopic (exact) mass is 333 g/mol. The Labute approximate surface area is 130 Å². The number of pyridine rings is 1. The Morgan fingerprint density at radius 3 is 2.65 bits per heavy atom. The Morgan fingerprint density at radius 1 is 1.17 bits per heavy atom. The first kappa shape index (κ1) is 17.5. The van der Waals surface area contributed by atoms with Gasteiger partial charge in [-0.25, -0.2) is 4.79 Å². The number of aromatic nitrogens is 1. The summed E-state index contributed by atoms with van der Waals surface area (Å²) in [4.78, 5) is 26.5. The standard InChI is InChI=1S/C15H18F3NO4/c16-15(17,18)9-22-6-7-23-14(21)11-8-10-4-2-1-3-5-12(10)19-13(11)20/h8H,1-7,9H2,(H,19,20). The third kappa shape index (κ3) is 5.38. The van der Waals surface area contributed by atoms with Gasteiger partial charge in [0, 0.05) is 5.69 Å². The summed E-state index contributed by atoms with van der Waals surface area (Å²) in [5.41, 5.74) is 1.10. The maximum Gasteiger partial charge on any atom is 0.411 e. The predicted molar refractivity (Wildman–Crippen MR) is 75.5 cm³/mol. The minimum atomic E-state index is -4.42. The van der Waals surface area contributed by atoms with Crippen molar-refractivity contribution in [3.63, 3.8) is 0 Å². The van der Waals surface area contributed by atoms with E-state index in [9.17, 15) is 22.8 Å². The van der Waals surface area contributed by atoms with Crippen LogP contribution in [0.2, 0.25) is 0 Å². The fourth-order valence-electron chi connectivity index (χ4n) is 2.46. The van der Waals surface area contributed by atoms with Crippen molar-refractivity contribution < 1.29 is 27.4 Å². The second-order valence-corrected chi connectivity index (χ2v) is 5.38. The van der Waals surface area contributed by atoms with Crippen molar-refractivity contribution in [1.82, 2.24) is 4.98 Å². The number of rotatable bonds is 5. The lowest BCUT2D eigenvalue weighted by Gasteiger charge is -2.10. The van der Waals surface area contributed by atoms with E-state index in [4.69, 9.17) is 4.74 Å². The van der Waals surface area contributed by atoms with E-state index in [2.05, 4.69) is 9.72 Å². The fourth-order valence-corrected chi connectivity index (χ4v) is 2.46. The molecule has 0 aromatic carbocycles. The first-order valence-corrected chi connectivity index (χ1v) is 7.43. The van der Waals surface area contributed by atoms with Gasteiger partial charge in [0.25, 0.3) is 5.56 Å². The molecule has 1 N–H and O–H groups in total. The van der Waals surface area contributed by atoms with Crippen LogP contribution in [0.25, 0.3) is 0 Å². The van der Waals surface area contributed by atoms with E-state index in [1.807, 2.05) is 0 Å². The summed E-state index contributed by atoms with van der Waals surface area (Å²) in [6.45, 7) is -2.12. The third-order valence-electron chi connectivity index (χ3n) is 3.53. The lowest BCUT2D eigenvalue weighted by molar-refractivity contribution is -0.175. The molecule has 0 bridgehead atoms. The topological polar surface area (TPSA) is 68.4 Å². The largest absolute Gasteiger partial charge is 0.459 e. The number of halogens is 3. The molecule has 0 amide bonds. The molecule has 0 aliphatic heterocycles. The molecule has 128 valence electrons. The minimum absolute atomic E-state index is 0.124. The Kier molecular flexibility index (Phi) is 5.81. The number of aromatic amines is 1. The molecule has 0 saturated carbocycles. The number of carbonyl (C=O) groups excluding carboxylic acids is 1. The molecule has 1 aromatic rings. The van der Waals surface area contributed by atoms with Gasteiger partial charge in [-0.15, -0.1) is 0 Å². The first-order chi connectivity index (χ1) is 10.9. The van der Waals surface area contributed by atoms with Gasteiger partial charge < -0.3 is 14.5 Å². The summed E-state index contributed by atoms with van der Waals surface area (Å²) in [5, 5.41) is 0. The van der Waals surface area contributed by atoms with Crippen molar-refractivity contribution in [3.05, 3.63) is 33.2 Å². The highest BCUT2D eigenvalue weighted by Gasteiger charge is 2.27. The van der Waals surface area contributed by atoms with Crippen LogP contribution in [0.1, 0.15) is 40.9 Å². The number of aryl methyl sites for hydroxylation is 2. The molecule has 8 heteroatoms. The van der Waals surface area contributed by atoms with Crippen LogP contribution in [-0.2, 0) is 22.3 Å². The number of fused-ring (bicyclic) bond motifs is 1. The van der Waals surface area contributed by atoms with Gasteiger partial charge in [0.1, 0.15) is 18.8 Å². The summed E-state index contributed by atoms with van der Waals surface area (Å²) < 4.78 is 44.8. The zero-order chi connectivity index (χ0) is 16.9. The highest BCUT2D eigenvalue weighted by Crippen LogP contribution is 2.18. The zero-order valence-corrected chi connectivity index (χ0v) is 12.5. The van der Waals surface area contributed by atoms with E-state index in [0.29, 0.717) is 0 Å².